The van der Waals surface area contributed by atoms with Gasteiger partial charge in [-0.3, -0.25) is 0 Å². The minimum absolute atomic E-state index is 0.0147. The van der Waals surface area contributed by atoms with E-state index >= 15 is 0 Å². The lowest BCUT2D eigenvalue weighted by atomic mass is 9.73. The number of fused-ring (bicyclic) bond motifs is 3. The molecule has 0 saturated carbocycles. The Morgan fingerprint density at radius 1 is 1.20 bits per heavy atom. The summed E-state index contributed by atoms with van der Waals surface area (Å²) in [6.45, 7) is 6.75. The topological polar surface area (TPSA) is 68.2 Å². The average Bonchev–Trinajstić information content (AvgIpc) is 2.09. The molecule has 2 N–H and O–H groups in total. The summed E-state index contributed by atoms with van der Waals surface area (Å²) in [5, 5.41) is 20.6. The van der Waals surface area contributed by atoms with Crippen LogP contribution < -0.4 is 0 Å². The van der Waals surface area contributed by atoms with Gasteiger partial charge in [0.25, 0.3) is 0 Å². The molecule has 3 aliphatic heterocycles. The Labute approximate surface area is 89.5 Å². The SMILES string of the molecule is CC(C)C12OB(OCC(C)(O)C1(C)O)O2. The summed E-state index contributed by atoms with van der Waals surface area (Å²) in [5.41, 5.74) is -2.91. The van der Waals surface area contributed by atoms with Gasteiger partial charge in [0.2, 0.25) is 0 Å². The number of aliphatic hydroxyl groups is 2. The predicted molar refractivity (Wildman–Crippen MR) is 52.7 cm³/mol. The van der Waals surface area contributed by atoms with Gasteiger partial charge in [0.15, 0.2) is 5.79 Å². The zero-order valence-electron chi connectivity index (χ0n) is 9.48. The third-order valence-corrected chi connectivity index (χ3v) is 3.53. The highest BCUT2D eigenvalue weighted by Crippen LogP contribution is 2.50. The van der Waals surface area contributed by atoms with Gasteiger partial charge < -0.3 is 24.2 Å². The first-order valence-corrected chi connectivity index (χ1v) is 5.15. The molecule has 0 aromatic heterocycles. The van der Waals surface area contributed by atoms with Crippen molar-refractivity contribution in [2.75, 3.05) is 6.61 Å². The highest BCUT2D eigenvalue weighted by atomic mass is 16.9. The number of hydrogen-bond acceptors (Lipinski definition) is 5. The van der Waals surface area contributed by atoms with E-state index in [1.807, 2.05) is 13.8 Å². The van der Waals surface area contributed by atoms with Crippen LogP contribution in [0, 0.1) is 5.92 Å². The molecule has 2 bridgehead atoms. The van der Waals surface area contributed by atoms with Gasteiger partial charge in [-0.15, -0.1) is 0 Å². The van der Waals surface area contributed by atoms with E-state index in [2.05, 4.69) is 0 Å². The van der Waals surface area contributed by atoms with Gasteiger partial charge in [-0.2, -0.15) is 0 Å². The summed E-state index contributed by atoms with van der Waals surface area (Å²) in [6.07, 6.45) is 0. The fraction of sp³-hybridized carbons (Fsp3) is 1.00. The Morgan fingerprint density at radius 2 is 1.73 bits per heavy atom. The van der Waals surface area contributed by atoms with Crippen LogP contribution >= 0.6 is 0 Å². The van der Waals surface area contributed by atoms with Crippen molar-refractivity contribution < 1.29 is 24.2 Å². The molecule has 0 spiro atoms. The molecule has 0 aromatic carbocycles. The quantitative estimate of drug-likeness (QED) is 0.599. The second-order valence-electron chi connectivity index (χ2n) is 5.00. The smallest absolute Gasteiger partial charge is 0.385 e. The first-order valence-electron chi connectivity index (χ1n) is 5.15. The van der Waals surface area contributed by atoms with Gasteiger partial charge in [-0.1, -0.05) is 13.8 Å². The van der Waals surface area contributed by atoms with Crippen LogP contribution in [-0.2, 0) is 14.0 Å². The van der Waals surface area contributed by atoms with Gasteiger partial charge in [0.05, 0.1) is 6.61 Å². The Balaban J connectivity index is 2.41. The molecule has 3 fully saturated rings. The lowest BCUT2D eigenvalue weighted by molar-refractivity contribution is -0.356. The van der Waals surface area contributed by atoms with Crippen molar-refractivity contribution in [2.24, 2.45) is 5.92 Å². The summed E-state index contributed by atoms with van der Waals surface area (Å²) in [4.78, 5) is 0. The minimum Gasteiger partial charge on any atom is -0.385 e. The molecule has 5 nitrogen and oxygen atoms in total. The summed E-state index contributed by atoms with van der Waals surface area (Å²) in [7, 11) is -0.771. The fourth-order valence-electron chi connectivity index (χ4n) is 2.17. The standard InChI is InChI=1S/C9H17BO5/c1-6(2)9-8(4,12)7(3,11)5-13-10(14-9)15-9/h6,11-12H,5H2,1-4H3. The van der Waals surface area contributed by atoms with E-state index in [9.17, 15) is 10.2 Å². The second kappa shape index (κ2) is 2.96. The van der Waals surface area contributed by atoms with Crippen LogP contribution in [0.25, 0.3) is 0 Å². The van der Waals surface area contributed by atoms with Gasteiger partial charge in [0.1, 0.15) is 11.2 Å². The monoisotopic (exact) mass is 216 g/mol. The molecule has 0 amide bonds. The van der Waals surface area contributed by atoms with E-state index in [1.54, 1.807) is 0 Å². The highest BCUT2D eigenvalue weighted by molar-refractivity contribution is 6.39. The van der Waals surface area contributed by atoms with Crippen molar-refractivity contribution >= 4 is 7.32 Å². The Kier molecular flexibility index (Phi) is 2.24. The Bertz CT molecular complexity index is 270. The summed E-state index contributed by atoms with van der Waals surface area (Å²) in [6, 6.07) is 0. The number of hydrogen-bond donors (Lipinski definition) is 2. The van der Waals surface area contributed by atoms with Crippen LogP contribution in [0.2, 0.25) is 0 Å². The van der Waals surface area contributed by atoms with Crippen LogP contribution in [0.1, 0.15) is 27.7 Å². The maximum absolute atomic E-state index is 10.4. The highest BCUT2D eigenvalue weighted by Gasteiger charge is 2.71. The molecule has 0 radical (unpaired) electrons. The van der Waals surface area contributed by atoms with E-state index in [0.717, 1.165) is 0 Å². The third-order valence-electron chi connectivity index (χ3n) is 3.53. The molecule has 0 aromatic rings. The van der Waals surface area contributed by atoms with Crippen LogP contribution in [0.15, 0.2) is 0 Å². The van der Waals surface area contributed by atoms with Crippen molar-refractivity contribution in [3.05, 3.63) is 0 Å². The van der Waals surface area contributed by atoms with E-state index in [0.29, 0.717) is 0 Å². The van der Waals surface area contributed by atoms with Gasteiger partial charge in [0, 0.05) is 5.92 Å². The van der Waals surface area contributed by atoms with E-state index in [-0.39, 0.29) is 12.5 Å². The van der Waals surface area contributed by atoms with Crippen molar-refractivity contribution in [1.82, 2.24) is 0 Å². The maximum Gasteiger partial charge on any atom is 0.643 e. The molecule has 3 saturated heterocycles. The van der Waals surface area contributed by atoms with Crippen LogP contribution in [0.4, 0.5) is 0 Å². The van der Waals surface area contributed by atoms with E-state index in [4.69, 9.17) is 14.0 Å². The molecular weight excluding hydrogens is 199 g/mol. The molecule has 3 heterocycles. The molecule has 15 heavy (non-hydrogen) atoms. The van der Waals surface area contributed by atoms with Crippen molar-refractivity contribution in [3.63, 3.8) is 0 Å². The lowest BCUT2D eigenvalue weighted by Gasteiger charge is -2.55. The van der Waals surface area contributed by atoms with Crippen molar-refractivity contribution in [2.45, 2.75) is 44.7 Å². The lowest BCUT2D eigenvalue weighted by Crippen LogP contribution is -2.74. The van der Waals surface area contributed by atoms with Crippen LogP contribution in [0.3, 0.4) is 0 Å². The van der Waals surface area contributed by atoms with Crippen LogP contribution in [0.5, 0.6) is 0 Å². The van der Waals surface area contributed by atoms with E-state index < -0.39 is 24.3 Å². The third kappa shape index (κ3) is 1.23. The molecule has 3 rings (SSSR count). The van der Waals surface area contributed by atoms with Crippen molar-refractivity contribution in [1.29, 1.82) is 0 Å². The Hall–Kier alpha value is -0.135. The molecule has 0 aliphatic carbocycles. The Morgan fingerprint density at radius 3 is 2.20 bits per heavy atom. The fourth-order valence-corrected chi connectivity index (χ4v) is 2.17. The average molecular weight is 216 g/mol. The molecule has 3 aliphatic rings. The maximum atomic E-state index is 10.4. The molecule has 2 unspecified atom stereocenters. The van der Waals surface area contributed by atoms with Crippen molar-refractivity contribution in [3.8, 4) is 0 Å². The van der Waals surface area contributed by atoms with Gasteiger partial charge in [-0.25, -0.2) is 0 Å². The second-order valence-corrected chi connectivity index (χ2v) is 5.00. The normalized spacial score (nSPS) is 50.2. The predicted octanol–water partition coefficient (Wildman–Crippen LogP) is -0.0974. The zero-order valence-corrected chi connectivity index (χ0v) is 9.48. The molecule has 86 valence electrons. The first-order chi connectivity index (χ1) is 6.73. The zero-order chi connectivity index (χ0) is 11.5. The van der Waals surface area contributed by atoms with Gasteiger partial charge >= 0.3 is 7.32 Å². The van der Waals surface area contributed by atoms with Crippen LogP contribution in [-0.4, -0.2) is 41.1 Å². The molecular formula is C9H17BO5. The largest absolute Gasteiger partial charge is 0.643 e. The summed E-state index contributed by atoms with van der Waals surface area (Å²) >= 11 is 0. The minimum atomic E-state index is -1.51. The first kappa shape index (κ1) is 11.4. The number of rotatable bonds is 1. The van der Waals surface area contributed by atoms with Gasteiger partial charge in [-0.05, 0) is 13.8 Å². The molecule has 6 heteroatoms. The van der Waals surface area contributed by atoms with E-state index in [1.165, 1.54) is 13.8 Å². The summed E-state index contributed by atoms with van der Waals surface area (Å²) in [5.74, 6) is -1.27. The molecule has 2 atom stereocenters. The summed E-state index contributed by atoms with van der Waals surface area (Å²) < 4.78 is 16.0.